The molecule has 0 radical (unpaired) electrons. The van der Waals surface area contributed by atoms with Crippen molar-refractivity contribution in [1.82, 2.24) is 0 Å². The summed E-state index contributed by atoms with van der Waals surface area (Å²) >= 11 is 0. The van der Waals surface area contributed by atoms with Gasteiger partial charge in [0.25, 0.3) is 0 Å². The lowest BCUT2D eigenvalue weighted by molar-refractivity contribution is -0.159. The topological polar surface area (TPSA) is 52.6 Å². The van der Waals surface area contributed by atoms with Gasteiger partial charge >= 0.3 is 11.9 Å². The highest BCUT2D eigenvalue weighted by molar-refractivity contribution is 5.70. The molecule has 0 saturated carbocycles. The van der Waals surface area contributed by atoms with E-state index in [4.69, 9.17) is 9.47 Å². The van der Waals surface area contributed by atoms with Crippen LogP contribution in [0.5, 0.6) is 0 Å². The first-order chi connectivity index (χ1) is 9.63. The first kappa shape index (κ1) is 18.9. The van der Waals surface area contributed by atoms with E-state index < -0.39 is 0 Å². The van der Waals surface area contributed by atoms with Gasteiger partial charge in [-0.05, 0) is 25.7 Å². The Morgan fingerprint density at radius 2 is 1.40 bits per heavy atom. The summed E-state index contributed by atoms with van der Waals surface area (Å²) in [7, 11) is 0. The third kappa shape index (κ3) is 10.8. The van der Waals surface area contributed by atoms with Crippen molar-refractivity contribution in [2.24, 2.45) is 0 Å². The summed E-state index contributed by atoms with van der Waals surface area (Å²) < 4.78 is 10.6. The fraction of sp³-hybridized carbons (Fsp3) is 0.875. The molecule has 0 bridgehead atoms. The SMILES string of the molecule is CCCCC(=O)OCC(CCCC)OC(=O)CCCC. The summed E-state index contributed by atoms with van der Waals surface area (Å²) in [6.45, 7) is 6.35. The molecule has 0 rings (SSSR count). The van der Waals surface area contributed by atoms with E-state index >= 15 is 0 Å². The molecule has 0 aromatic heterocycles. The molecule has 0 aromatic carbocycles. The average molecular weight is 286 g/mol. The first-order valence-electron chi connectivity index (χ1n) is 7.99. The third-order valence-corrected chi connectivity index (χ3v) is 3.08. The van der Waals surface area contributed by atoms with Crippen molar-refractivity contribution in [2.45, 2.75) is 84.7 Å². The number of rotatable bonds is 12. The van der Waals surface area contributed by atoms with Gasteiger partial charge in [-0.15, -0.1) is 0 Å². The summed E-state index contributed by atoms with van der Waals surface area (Å²) in [5.41, 5.74) is 0. The van der Waals surface area contributed by atoms with Gasteiger partial charge in [0.2, 0.25) is 0 Å². The second-order valence-electron chi connectivity index (χ2n) is 5.14. The lowest BCUT2D eigenvalue weighted by atomic mass is 10.1. The number of ether oxygens (including phenoxy) is 2. The molecule has 118 valence electrons. The Kier molecular flexibility index (Phi) is 12.3. The maximum atomic E-state index is 11.6. The minimum Gasteiger partial charge on any atom is -0.462 e. The molecule has 0 aliphatic rings. The molecule has 0 amide bonds. The number of esters is 2. The predicted molar refractivity (Wildman–Crippen MR) is 79.4 cm³/mol. The Labute approximate surface area is 123 Å². The minimum absolute atomic E-state index is 0.183. The van der Waals surface area contributed by atoms with Gasteiger partial charge in [-0.3, -0.25) is 9.59 Å². The Bertz CT molecular complexity index is 263. The van der Waals surface area contributed by atoms with Crippen molar-refractivity contribution in [1.29, 1.82) is 0 Å². The van der Waals surface area contributed by atoms with Crippen LogP contribution in [0, 0.1) is 0 Å². The smallest absolute Gasteiger partial charge is 0.306 e. The normalized spacial score (nSPS) is 11.9. The summed E-state index contributed by atoms with van der Waals surface area (Å²) in [6.07, 6.45) is 7.00. The Hall–Kier alpha value is -1.06. The van der Waals surface area contributed by atoms with Crippen LogP contribution in [0.15, 0.2) is 0 Å². The zero-order chi connectivity index (χ0) is 15.2. The summed E-state index contributed by atoms with van der Waals surface area (Å²) in [5.74, 6) is -0.379. The fourth-order valence-electron chi connectivity index (χ4n) is 1.75. The van der Waals surface area contributed by atoms with Gasteiger partial charge in [0.1, 0.15) is 12.7 Å². The van der Waals surface area contributed by atoms with Crippen molar-refractivity contribution in [2.75, 3.05) is 6.61 Å². The molecule has 0 N–H and O–H groups in total. The van der Waals surface area contributed by atoms with Crippen LogP contribution in [0.4, 0.5) is 0 Å². The molecule has 1 unspecified atom stereocenters. The van der Waals surface area contributed by atoms with E-state index in [0.29, 0.717) is 12.8 Å². The van der Waals surface area contributed by atoms with E-state index in [1.807, 2.05) is 13.8 Å². The number of unbranched alkanes of at least 4 members (excludes halogenated alkanes) is 3. The number of carbonyl (C=O) groups is 2. The molecule has 4 nitrogen and oxygen atoms in total. The Morgan fingerprint density at radius 1 is 0.850 bits per heavy atom. The van der Waals surface area contributed by atoms with Crippen molar-refractivity contribution in [3.63, 3.8) is 0 Å². The number of carbonyl (C=O) groups excluding carboxylic acids is 2. The van der Waals surface area contributed by atoms with Crippen LogP contribution in [0.1, 0.15) is 78.6 Å². The van der Waals surface area contributed by atoms with Crippen molar-refractivity contribution in [3.05, 3.63) is 0 Å². The van der Waals surface area contributed by atoms with Gasteiger partial charge in [0.05, 0.1) is 0 Å². The van der Waals surface area contributed by atoms with E-state index in [-0.39, 0.29) is 24.6 Å². The highest BCUT2D eigenvalue weighted by Crippen LogP contribution is 2.09. The van der Waals surface area contributed by atoms with E-state index in [1.165, 1.54) is 0 Å². The van der Waals surface area contributed by atoms with Gasteiger partial charge in [-0.2, -0.15) is 0 Å². The highest BCUT2D eigenvalue weighted by atomic mass is 16.6. The van der Waals surface area contributed by atoms with Crippen LogP contribution in [0.3, 0.4) is 0 Å². The molecule has 0 spiro atoms. The molecule has 0 aromatic rings. The lowest BCUT2D eigenvalue weighted by Crippen LogP contribution is -2.25. The van der Waals surface area contributed by atoms with Crippen LogP contribution in [0.2, 0.25) is 0 Å². The monoisotopic (exact) mass is 286 g/mol. The fourth-order valence-corrected chi connectivity index (χ4v) is 1.75. The third-order valence-electron chi connectivity index (χ3n) is 3.08. The van der Waals surface area contributed by atoms with Crippen LogP contribution >= 0.6 is 0 Å². The highest BCUT2D eigenvalue weighted by Gasteiger charge is 2.16. The van der Waals surface area contributed by atoms with Crippen LogP contribution in [-0.2, 0) is 19.1 Å². The summed E-state index contributed by atoms with van der Waals surface area (Å²) in [6, 6.07) is 0. The van der Waals surface area contributed by atoms with Gasteiger partial charge in [0, 0.05) is 12.8 Å². The second-order valence-corrected chi connectivity index (χ2v) is 5.14. The first-order valence-corrected chi connectivity index (χ1v) is 7.99. The average Bonchev–Trinajstić information content (AvgIpc) is 2.45. The van der Waals surface area contributed by atoms with E-state index in [1.54, 1.807) is 0 Å². The Balaban J connectivity index is 4.06. The van der Waals surface area contributed by atoms with E-state index in [9.17, 15) is 9.59 Å². The van der Waals surface area contributed by atoms with Crippen molar-refractivity contribution < 1.29 is 19.1 Å². The largest absolute Gasteiger partial charge is 0.462 e. The maximum absolute atomic E-state index is 11.6. The molecule has 1 atom stereocenters. The van der Waals surface area contributed by atoms with Gasteiger partial charge in [-0.1, -0.05) is 40.0 Å². The lowest BCUT2D eigenvalue weighted by Gasteiger charge is -2.17. The zero-order valence-corrected chi connectivity index (χ0v) is 13.3. The molecule has 0 fully saturated rings. The zero-order valence-electron chi connectivity index (χ0n) is 13.3. The molecular formula is C16H30O4. The van der Waals surface area contributed by atoms with Gasteiger partial charge in [0.15, 0.2) is 0 Å². The standard InChI is InChI=1S/C16H30O4/c1-4-7-10-14(20-16(18)12-9-6-3)13-19-15(17)11-8-5-2/h14H,4-13H2,1-3H3. The Morgan fingerprint density at radius 3 is 1.95 bits per heavy atom. The molecule has 0 aliphatic carbocycles. The van der Waals surface area contributed by atoms with Crippen LogP contribution in [0.25, 0.3) is 0 Å². The number of hydrogen-bond donors (Lipinski definition) is 0. The van der Waals surface area contributed by atoms with Crippen LogP contribution < -0.4 is 0 Å². The van der Waals surface area contributed by atoms with Gasteiger partial charge < -0.3 is 9.47 Å². The predicted octanol–water partition coefficient (Wildman–Crippen LogP) is 4.01. The summed E-state index contributed by atoms with van der Waals surface area (Å²) in [4.78, 5) is 23.1. The van der Waals surface area contributed by atoms with E-state index in [2.05, 4.69) is 6.92 Å². The second kappa shape index (κ2) is 12.9. The van der Waals surface area contributed by atoms with Crippen molar-refractivity contribution in [3.8, 4) is 0 Å². The molecule has 20 heavy (non-hydrogen) atoms. The molecule has 0 aliphatic heterocycles. The minimum atomic E-state index is -0.287. The van der Waals surface area contributed by atoms with E-state index in [0.717, 1.165) is 44.9 Å². The molecular weight excluding hydrogens is 256 g/mol. The van der Waals surface area contributed by atoms with Crippen molar-refractivity contribution >= 4 is 11.9 Å². The summed E-state index contributed by atoms with van der Waals surface area (Å²) in [5, 5.41) is 0. The number of hydrogen-bond acceptors (Lipinski definition) is 4. The molecule has 4 heteroatoms. The van der Waals surface area contributed by atoms with Crippen LogP contribution in [-0.4, -0.2) is 24.6 Å². The quantitative estimate of drug-likeness (QED) is 0.509. The maximum Gasteiger partial charge on any atom is 0.306 e. The molecule has 0 saturated heterocycles. The molecule has 0 heterocycles. The van der Waals surface area contributed by atoms with Gasteiger partial charge in [-0.25, -0.2) is 0 Å².